The van der Waals surface area contributed by atoms with E-state index in [2.05, 4.69) is 28.5 Å². The maximum atomic E-state index is 5.73. The lowest BCUT2D eigenvalue weighted by atomic mass is 10.0. The summed E-state index contributed by atoms with van der Waals surface area (Å²) in [6, 6.07) is 2.95. The summed E-state index contributed by atoms with van der Waals surface area (Å²) in [7, 11) is 4.18. The van der Waals surface area contributed by atoms with E-state index in [1.165, 1.54) is 11.4 Å². The van der Waals surface area contributed by atoms with E-state index in [1.807, 2.05) is 29.7 Å². The summed E-state index contributed by atoms with van der Waals surface area (Å²) in [5.74, 6) is 8.13. The van der Waals surface area contributed by atoms with E-state index in [0.29, 0.717) is 12.1 Å². The number of nitrogens with two attached hydrogens (primary N) is 1. The SMILES string of the molecule is CN1CCSCC1C(CCc1ccnn1C)NN. The Balaban J connectivity index is 1.90. The zero-order valence-electron chi connectivity index (χ0n) is 11.2. The van der Waals surface area contributed by atoms with Crippen LogP contribution < -0.4 is 11.3 Å². The van der Waals surface area contributed by atoms with Crippen LogP contribution in [0.5, 0.6) is 0 Å². The van der Waals surface area contributed by atoms with E-state index >= 15 is 0 Å². The summed E-state index contributed by atoms with van der Waals surface area (Å²) in [5, 5.41) is 4.20. The van der Waals surface area contributed by atoms with Crippen molar-refractivity contribution in [3.8, 4) is 0 Å². The van der Waals surface area contributed by atoms with Gasteiger partial charge in [-0.1, -0.05) is 0 Å². The molecule has 5 nitrogen and oxygen atoms in total. The molecule has 1 saturated heterocycles. The molecule has 2 heterocycles. The third kappa shape index (κ3) is 3.26. The highest BCUT2D eigenvalue weighted by Crippen LogP contribution is 2.19. The molecule has 1 aromatic heterocycles. The fourth-order valence-corrected chi connectivity index (χ4v) is 3.78. The zero-order valence-corrected chi connectivity index (χ0v) is 12.0. The van der Waals surface area contributed by atoms with Gasteiger partial charge < -0.3 is 4.90 Å². The highest BCUT2D eigenvalue weighted by molar-refractivity contribution is 7.99. The van der Waals surface area contributed by atoms with Gasteiger partial charge in [0.25, 0.3) is 0 Å². The number of hydrogen-bond donors (Lipinski definition) is 2. The van der Waals surface area contributed by atoms with Gasteiger partial charge in [-0.3, -0.25) is 16.0 Å². The van der Waals surface area contributed by atoms with Crippen molar-refractivity contribution in [2.75, 3.05) is 25.1 Å². The standard InChI is InChI=1S/C12H23N5S/c1-16-7-8-18-9-12(16)11(15-13)4-3-10-5-6-14-17(10)2/h5-6,11-12,15H,3-4,7-9,13H2,1-2H3. The van der Waals surface area contributed by atoms with Gasteiger partial charge in [0, 0.05) is 49.1 Å². The molecule has 102 valence electrons. The molecular weight excluding hydrogens is 246 g/mol. The van der Waals surface area contributed by atoms with Crippen molar-refractivity contribution in [1.82, 2.24) is 20.1 Å². The molecule has 0 saturated carbocycles. The smallest absolute Gasteiger partial charge is 0.0492 e. The predicted octanol–water partition coefficient (Wildman–Crippen LogP) is 0.232. The van der Waals surface area contributed by atoms with Crippen molar-refractivity contribution in [3.05, 3.63) is 18.0 Å². The van der Waals surface area contributed by atoms with Crippen LogP contribution in [0.1, 0.15) is 12.1 Å². The van der Waals surface area contributed by atoms with Gasteiger partial charge in [-0.25, -0.2) is 0 Å². The predicted molar refractivity (Wildman–Crippen MR) is 76.4 cm³/mol. The zero-order chi connectivity index (χ0) is 13.0. The minimum absolute atomic E-state index is 0.345. The van der Waals surface area contributed by atoms with Crippen LogP contribution >= 0.6 is 11.8 Å². The second-order valence-electron chi connectivity index (χ2n) is 4.88. The first-order valence-corrected chi connectivity index (χ1v) is 7.59. The van der Waals surface area contributed by atoms with Crippen LogP contribution in [0.2, 0.25) is 0 Å². The number of nitrogens with zero attached hydrogens (tertiary/aromatic N) is 3. The molecular formula is C12H23N5S. The Morgan fingerprint density at radius 2 is 2.44 bits per heavy atom. The number of hydrogen-bond acceptors (Lipinski definition) is 5. The van der Waals surface area contributed by atoms with E-state index < -0.39 is 0 Å². The van der Waals surface area contributed by atoms with Gasteiger partial charge in [0.05, 0.1) is 0 Å². The molecule has 18 heavy (non-hydrogen) atoms. The van der Waals surface area contributed by atoms with Gasteiger partial charge >= 0.3 is 0 Å². The molecule has 6 heteroatoms. The van der Waals surface area contributed by atoms with Crippen molar-refractivity contribution >= 4 is 11.8 Å². The highest BCUT2D eigenvalue weighted by atomic mass is 32.2. The largest absolute Gasteiger partial charge is 0.300 e. The van der Waals surface area contributed by atoms with Gasteiger partial charge in [0.15, 0.2) is 0 Å². The summed E-state index contributed by atoms with van der Waals surface area (Å²) < 4.78 is 1.94. The van der Waals surface area contributed by atoms with Gasteiger partial charge in [-0.2, -0.15) is 16.9 Å². The van der Waals surface area contributed by atoms with Crippen LogP contribution in [0.3, 0.4) is 0 Å². The number of hydrazine groups is 1. The van der Waals surface area contributed by atoms with E-state index in [9.17, 15) is 0 Å². The molecule has 0 amide bonds. The van der Waals surface area contributed by atoms with Crippen LogP contribution in [0.4, 0.5) is 0 Å². The second kappa shape index (κ2) is 6.56. The lowest BCUT2D eigenvalue weighted by Gasteiger charge is -2.37. The number of nitrogens with one attached hydrogen (secondary N) is 1. The van der Waals surface area contributed by atoms with E-state index in [0.717, 1.165) is 25.1 Å². The monoisotopic (exact) mass is 269 g/mol. The minimum Gasteiger partial charge on any atom is -0.300 e. The minimum atomic E-state index is 0.345. The Kier molecular flexibility index (Phi) is 5.05. The first-order chi connectivity index (χ1) is 8.72. The van der Waals surface area contributed by atoms with Gasteiger partial charge in [0.1, 0.15) is 0 Å². The molecule has 2 unspecified atom stereocenters. The lowest BCUT2D eigenvalue weighted by Crippen LogP contribution is -2.54. The summed E-state index contributed by atoms with van der Waals surface area (Å²) in [4.78, 5) is 2.42. The van der Waals surface area contributed by atoms with Crippen LogP contribution in [0.15, 0.2) is 12.3 Å². The number of aromatic nitrogens is 2. The van der Waals surface area contributed by atoms with Crippen LogP contribution in [-0.4, -0.2) is 51.9 Å². The fourth-order valence-electron chi connectivity index (χ4n) is 2.47. The van der Waals surface area contributed by atoms with Crippen LogP contribution in [0, 0.1) is 0 Å². The van der Waals surface area contributed by atoms with Crippen LogP contribution in [0.25, 0.3) is 0 Å². The highest BCUT2D eigenvalue weighted by Gasteiger charge is 2.27. The topological polar surface area (TPSA) is 59.1 Å². The molecule has 0 aromatic carbocycles. The molecule has 0 bridgehead atoms. The van der Waals surface area contributed by atoms with E-state index in [4.69, 9.17) is 5.84 Å². The summed E-state index contributed by atoms with van der Waals surface area (Å²) >= 11 is 2.02. The maximum Gasteiger partial charge on any atom is 0.0492 e. The molecule has 3 N–H and O–H groups in total. The number of aryl methyl sites for hydroxylation is 2. The molecule has 1 fully saturated rings. The summed E-state index contributed by atoms with van der Waals surface area (Å²) in [5.41, 5.74) is 4.26. The Morgan fingerprint density at radius 3 is 3.06 bits per heavy atom. The maximum absolute atomic E-state index is 5.73. The third-order valence-corrected chi connectivity index (χ3v) is 4.80. The number of thioether (sulfide) groups is 1. The quantitative estimate of drug-likeness (QED) is 0.592. The molecule has 2 atom stereocenters. The first kappa shape index (κ1) is 13.9. The fraction of sp³-hybridized carbons (Fsp3) is 0.750. The van der Waals surface area contributed by atoms with Gasteiger partial charge in [-0.05, 0) is 26.0 Å². The van der Waals surface area contributed by atoms with Crippen LogP contribution in [-0.2, 0) is 13.5 Å². The Labute approximate surface area is 113 Å². The summed E-state index contributed by atoms with van der Waals surface area (Å²) in [6.07, 6.45) is 3.91. The van der Waals surface area contributed by atoms with Crippen molar-refractivity contribution in [2.24, 2.45) is 12.9 Å². The van der Waals surface area contributed by atoms with Crippen molar-refractivity contribution in [3.63, 3.8) is 0 Å². The molecule has 1 aliphatic rings. The molecule has 1 aliphatic heterocycles. The Morgan fingerprint density at radius 1 is 1.61 bits per heavy atom. The van der Waals surface area contributed by atoms with Gasteiger partial charge in [-0.15, -0.1) is 0 Å². The second-order valence-corrected chi connectivity index (χ2v) is 6.03. The average molecular weight is 269 g/mol. The van der Waals surface area contributed by atoms with E-state index in [-0.39, 0.29) is 0 Å². The van der Waals surface area contributed by atoms with Crippen molar-refractivity contribution < 1.29 is 0 Å². The average Bonchev–Trinajstić information content (AvgIpc) is 2.78. The molecule has 0 radical (unpaired) electrons. The molecule has 0 spiro atoms. The molecule has 2 rings (SSSR count). The Hall–Kier alpha value is -0.560. The summed E-state index contributed by atoms with van der Waals surface area (Å²) in [6.45, 7) is 1.15. The molecule has 1 aromatic rings. The Bertz CT molecular complexity index is 367. The first-order valence-electron chi connectivity index (χ1n) is 6.43. The van der Waals surface area contributed by atoms with Gasteiger partial charge in [0.2, 0.25) is 0 Å². The number of likely N-dealkylation sites (N-methyl/N-ethyl adjacent to an activating group) is 1. The van der Waals surface area contributed by atoms with Crippen molar-refractivity contribution in [1.29, 1.82) is 0 Å². The normalized spacial score (nSPS) is 23.2. The molecule has 0 aliphatic carbocycles. The third-order valence-electron chi connectivity index (χ3n) is 3.76. The number of rotatable bonds is 5. The van der Waals surface area contributed by atoms with Crippen molar-refractivity contribution in [2.45, 2.75) is 24.9 Å². The van der Waals surface area contributed by atoms with E-state index in [1.54, 1.807) is 0 Å². The lowest BCUT2D eigenvalue weighted by molar-refractivity contribution is 0.208.